The highest BCUT2D eigenvalue weighted by atomic mass is 35.5. The van der Waals surface area contributed by atoms with Gasteiger partial charge in [0, 0.05) is 17.1 Å². The van der Waals surface area contributed by atoms with E-state index in [4.69, 9.17) is 11.6 Å². The van der Waals surface area contributed by atoms with Crippen molar-refractivity contribution in [1.82, 2.24) is 5.32 Å². The highest BCUT2D eigenvalue weighted by Crippen LogP contribution is 2.35. The van der Waals surface area contributed by atoms with Gasteiger partial charge in [0.15, 0.2) is 0 Å². The Kier molecular flexibility index (Phi) is 5.06. The highest BCUT2D eigenvalue weighted by molar-refractivity contribution is 7.38. The second-order valence-corrected chi connectivity index (χ2v) is 5.68. The molecular weight excluding hydrogens is 281 g/mol. The number of hydrogen-bond acceptors (Lipinski definition) is 2. The fourth-order valence-corrected chi connectivity index (χ4v) is 2.58. The van der Waals surface area contributed by atoms with Gasteiger partial charge in [0.25, 0.3) is 5.78 Å². The van der Waals surface area contributed by atoms with Crippen molar-refractivity contribution in [3.63, 3.8) is 0 Å². The predicted octanol–water partition coefficient (Wildman–Crippen LogP) is 3.86. The summed E-state index contributed by atoms with van der Waals surface area (Å²) in [6.07, 6.45) is 0. The first-order chi connectivity index (χ1) is 9.16. The molecule has 0 aliphatic rings. The third kappa shape index (κ3) is 4.12. The van der Waals surface area contributed by atoms with Crippen LogP contribution in [0.1, 0.15) is 16.9 Å². The normalized spacial score (nSPS) is 13.1. The van der Waals surface area contributed by atoms with Gasteiger partial charge in [-0.2, -0.15) is 4.89 Å². The van der Waals surface area contributed by atoms with E-state index >= 15 is 0 Å². The van der Waals surface area contributed by atoms with Crippen LogP contribution in [0.3, 0.4) is 0 Å². The lowest BCUT2D eigenvalue weighted by atomic mass is 10.2. The summed E-state index contributed by atoms with van der Waals surface area (Å²) in [6, 6.07) is 16.7. The Morgan fingerprint density at radius 2 is 1.74 bits per heavy atom. The molecule has 0 bridgehead atoms. The number of benzene rings is 2. The predicted molar refractivity (Wildman–Crippen MR) is 77.3 cm³/mol. The van der Waals surface area contributed by atoms with Gasteiger partial charge in [-0.3, -0.25) is 5.32 Å². The van der Waals surface area contributed by atoms with Gasteiger partial charge in [0.2, 0.25) is 0 Å². The van der Waals surface area contributed by atoms with Gasteiger partial charge in [0.1, 0.15) is 0 Å². The third-order valence-electron chi connectivity index (χ3n) is 2.75. The summed E-state index contributed by atoms with van der Waals surface area (Å²) in [6.45, 7) is 0.537. The van der Waals surface area contributed by atoms with Gasteiger partial charge in [-0.15, -0.1) is 0 Å². The Hall–Kier alpha value is -1.25. The van der Waals surface area contributed by atoms with E-state index in [2.05, 4.69) is 5.32 Å². The van der Waals surface area contributed by atoms with E-state index in [-0.39, 0.29) is 0 Å². The zero-order chi connectivity index (χ0) is 13.7. The Labute approximate surface area is 118 Å². The molecule has 0 radical (unpaired) electrons. The largest absolute Gasteiger partial charge is 0.529 e. The molecule has 2 aromatic carbocycles. The Morgan fingerprint density at radius 3 is 2.32 bits per heavy atom. The van der Waals surface area contributed by atoms with Gasteiger partial charge in [-0.05, 0) is 22.3 Å². The van der Waals surface area contributed by atoms with Crippen molar-refractivity contribution < 1.29 is 9.46 Å². The first kappa shape index (κ1) is 14.2. The molecule has 0 heterocycles. The molecule has 1 unspecified atom stereocenters. The Morgan fingerprint density at radius 1 is 1.11 bits per heavy atom. The maximum absolute atomic E-state index is 11.5. The minimum Gasteiger partial charge on any atom is -0.263 e. The monoisotopic (exact) mass is 294 g/mol. The molecule has 2 N–H and O–H groups in total. The first-order valence-electron chi connectivity index (χ1n) is 5.85. The SMILES string of the molecule is O=[P+](O)[C@@H](NCc1ccccc1)c1ccc(Cl)cc1. The summed E-state index contributed by atoms with van der Waals surface area (Å²) in [4.78, 5) is 9.43. The summed E-state index contributed by atoms with van der Waals surface area (Å²) >= 11 is 5.81. The standard InChI is InChI=1S/C14H13ClNO2P/c15-13-8-6-12(7-9-13)14(19(17)18)16-10-11-4-2-1-3-5-11/h1-9,14,16H,10H2/p+1/t14-/m1/s1. The summed E-state index contributed by atoms with van der Waals surface area (Å²) in [5, 5.41) is 3.70. The third-order valence-corrected chi connectivity index (χ3v) is 3.92. The molecule has 0 aliphatic heterocycles. The lowest BCUT2D eigenvalue weighted by Crippen LogP contribution is -2.18. The van der Waals surface area contributed by atoms with Crippen LogP contribution >= 0.6 is 19.6 Å². The van der Waals surface area contributed by atoms with Crippen molar-refractivity contribution in [1.29, 1.82) is 0 Å². The maximum Gasteiger partial charge on any atom is 0.529 e. The average molecular weight is 295 g/mol. The molecule has 0 spiro atoms. The summed E-state index contributed by atoms with van der Waals surface area (Å²) in [5.41, 5.74) is 1.82. The first-order valence-corrected chi connectivity index (χ1v) is 7.51. The van der Waals surface area contributed by atoms with E-state index < -0.39 is 13.8 Å². The number of halogens is 1. The van der Waals surface area contributed by atoms with Gasteiger partial charge in [0.05, 0.1) is 0 Å². The second-order valence-electron chi connectivity index (χ2n) is 4.12. The molecule has 0 amide bonds. The topological polar surface area (TPSA) is 49.3 Å². The Bertz CT molecular complexity index is 545. The molecule has 2 atom stereocenters. The van der Waals surface area contributed by atoms with Crippen molar-refractivity contribution in [2.24, 2.45) is 0 Å². The zero-order valence-corrected chi connectivity index (χ0v) is 11.8. The van der Waals surface area contributed by atoms with Crippen LogP contribution in [0.15, 0.2) is 54.6 Å². The number of nitrogens with one attached hydrogen (secondary N) is 1. The molecule has 0 aliphatic carbocycles. The van der Waals surface area contributed by atoms with E-state index in [9.17, 15) is 9.46 Å². The summed E-state index contributed by atoms with van der Waals surface area (Å²) < 4.78 is 11.5. The minimum absolute atomic E-state index is 0.537. The molecule has 2 rings (SSSR count). The molecule has 3 nitrogen and oxygen atoms in total. The van der Waals surface area contributed by atoms with Crippen molar-refractivity contribution >= 4 is 19.6 Å². The van der Waals surface area contributed by atoms with Crippen LogP contribution in [0.2, 0.25) is 5.02 Å². The van der Waals surface area contributed by atoms with Crippen LogP contribution in [0.4, 0.5) is 0 Å². The van der Waals surface area contributed by atoms with Crippen LogP contribution in [0.25, 0.3) is 0 Å². The van der Waals surface area contributed by atoms with E-state index in [0.29, 0.717) is 11.6 Å². The molecule has 0 fully saturated rings. The van der Waals surface area contributed by atoms with E-state index in [1.165, 1.54) is 0 Å². The average Bonchev–Trinajstić information content (AvgIpc) is 2.42. The maximum atomic E-state index is 11.5. The van der Waals surface area contributed by atoms with Crippen molar-refractivity contribution in [2.45, 2.75) is 12.3 Å². The van der Waals surface area contributed by atoms with E-state index in [0.717, 1.165) is 11.1 Å². The molecule has 0 saturated heterocycles. The van der Waals surface area contributed by atoms with E-state index in [1.54, 1.807) is 24.3 Å². The lowest BCUT2D eigenvalue weighted by molar-refractivity contribution is 0.474. The zero-order valence-electron chi connectivity index (χ0n) is 10.2. The smallest absolute Gasteiger partial charge is 0.263 e. The second kappa shape index (κ2) is 6.78. The molecule has 2 aromatic rings. The minimum atomic E-state index is -2.35. The lowest BCUT2D eigenvalue weighted by Gasteiger charge is -2.08. The molecule has 19 heavy (non-hydrogen) atoms. The van der Waals surface area contributed by atoms with Gasteiger partial charge >= 0.3 is 8.03 Å². The number of hydrogen-bond donors (Lipinski definition) is 2. The van der Waals surface area contributed by atoms with Crippen molar-refractivity contribution in [2.75, 3.05) is 0 Å². The summed E-state index contributed by atoms with van der Waals surface area (Å²) in [5.74, 6) is -0.590. The van der Waals surface area contributed by atoms with Crippen LogP contribution in [0.5, 0.6) is 0 Å². The van der Waals surface area contributed by atoms with Crippen LogP contribution < -0.4 is 5.32 Å². The molecule has 5 heteroatoms. The van der Waals surface area contributed by atoms with Gasteiger partial charge in [-0.1, -0.05) is 54.1 Å². The molecule has 98 valence electrons. The van der Waals surface area contributed by atoms with Crippen LogP contribution in [0, 0.1) is 0 Å². The van der Waals surface area contributed by atoms with Crippen LogP contribution in [-0.2, 0) is 11.1 Å². The quantitative estimate of drug-likeness (QED) is 0.823. The number of rotatable bonds is 5. The van der Waals surface area contributed by atoms with Crippen LogP contribution in [-0.4, -0.2) is 4.89 Å². The summed E-state index contributed by atoms with van der Waals surface area (Å²) in [7, 11) is -2.35. The fraction of sp³-hybridized carbons (Fsp3) is 0.143. The molecular formula is C14H14ClNO2P+. The van der Waals surface area contributed by atoms with Crippen molar-refractivity contribution in [3.05, 3.63) is 70.7 Å². The van der Waals surface area contributed by atoms with Gasteiger partial charge < -0.3 is 0 Å². The van der Waals surface area contributed by atoms with E-state index in [1.807, 2.05) is 30.3 Å². The fourth-order valence-electron chi connectivity index (χ4n) is 1.78. The van der Waals surface area contributed by atoms with Crippen molar-refractivity contribution in [3.8, 4) is 0 Å². The van der Waals surface area contributed by atoms with Gasteiger partial charge in [-0.25, -0.2) is 0 Å². The molecule has 0 saturated carbocycles. The molecule has 0 aromatic heterocycles. The Balaban J connectivity index is 2.09. The highest BCUT2D eigenvalue weighted by Gasteiger charge is 2.30.